The number of benzene rings is 1. The van der Waals surface area contributed by atoms with Crippen molar-refractivity contribution >= 4 is 5.91 Å². The van der Waals surface area contributed by atoms with Gasteiger partial charge in [-0.05, 0) is 42.7 Å². The van der Waals surface area contributed by atoms with Gasteiger partial charge in [0.2, 0.25) is 5.82 Å². The molecule has 0 aliphatic heterocycles. The predicted octanol–water partition coefficient (Wildman–Crippen LogP) is 1.39. The van der Waals surface area contributed by atoms with Crippen LogP contribution in [0, 0.1) is 23.5 Å². The van der Waals surface area contributed by atoms with E-state index in [9.17, 15) is 18.4 Å². The first-order chi connectivity index (χ1) is 11.4. The highest BCUT2D eigenvalue weighted by atomic mass is 19.1. The first-order valence-electron chi connectivity index (χ1n) is 7.79. The van der Waals surface area contributed by atoms with Crippen LogP contribution in [0.15, 0.2) is 23.0 Å². The van der Waals surface area contributed by atoms with Gasteiger partial charge in [-0.1, -0.05) is 6.07 Å². The van der Waals surface area contributed by atoms with Crippen molar-refractivity contribution in [3.8, 4) is 0 Å². The molecule has 1 saturated carbocycles. The van der Waals surface area contributed by atoms with Crippen LogP contribution in [0.3, 0.4) is 0 Å². The largest absolute Gasteiger partial charge is 0.349 e. The molecule has 8 heteroatoms. The van der Waals surface area contributed by atoms with Crippen LogP contribution in [0.1, 0.15) is 29.0 Å². The van der Waals surface area contributed by atoms with E-state index < -0.39 is 23.2 Å². The second kappa shape index (κ2) is 6.54. The fourth-order valence-electron chi connectivity index (χ4n) is 2.76. The Labute approximate surface area is 136 Å². The Morgan fingerprint density at radius 1 is 1.46 bits per heavy atom. The molecule has 1 aromatic carbocycles. The molecule has 1 amide bonds. The van der Waals surface area contributed by atoms with Crippen molar-refractivity contribution in [2.24, 2.45) is 18.9 Å². The molecule has 0 radical (unpaired) electrons. The minimum Gasteiger partial charge on any atom is -0.349 e. The lowest BCUT2D eigenvalue weighted by molar-refractivity contribution is 0.0934. The summed E-state index contributed by atoms with van der Waals surface area (Å²) in [5, 5.41) is 6.52. The van der Waals surface area contributed by atoms with E-state index in [2.05, 4.69) is 15.4 Å². The van der Waals surface area contributed by atoms with E-state index in [0.717, 1.165) is 23.6 Å². The normalized spacial score (nSPS) is 15.3. The predicted molar refractivity (Wildman–Crippen MR) is 82.4 cm³/mol. The minimum absolute atomic E-state index is 0.0509. The molecule has 1 fully saturated rings. The molecule has 0 saturated heterocycles. The molecule has 24 heavy (non-hydrogen) atoms. The number of carbonyl (C=O) groups excluding carboxylic acids is 1. The summed E-state index contributed by atoms with van der Waals surface area (Å²) in [4.78, 5) is 25.7. The summed E-state index contributed by atoms with van der Waals surface area (Å²) in [5.41, 5.74) is -0.0268. The van der Waals surface area contributed by atoms with Crippen molar-refractivity contribution in [1.82, 2.24) is 20.1 Å². The number of amides is 1. The van der Waals surface area contributed by atoms with Crippen molar-refractivity contribution in [1.29, 1.82) is 0 Å². The third-order valence-electron chi connectivity index (χ3n) is 4.30. The Morgan fingerprint density at radius 3 is 2.79 bits per heavy atom. The zero-order valence-corrected chi connectivity index (χ0v) is 13.2. The van der Waals surface area contributed by atoms with Gasteiger partial charge in [0, 0.05) is 19.7 Å². The summed E-state index contributed by atoms with van der Waals surface area (Å²) >= 11 is 0. The number of rotatable bonds is 6. The molecule has 1 heterocycles. The van der Waals surface area contributed by atoms with E-state index in [1.807, 2.05) is 0 Å². The molecule has 1 aliphatic carbocycles. The molecule has 2 N–H and O–H groups in total. The summed E-state index contributed by atoms with van der Waals surface area (Å²) in [6, 6.07) is 3.55. The third kappa shape index (κ3) is 3.69. The summed E-state index contributed by atoms with van der Waals surface area (Å²) in [7, 11) is 1.44. The van der Waals surface area contributed by atoms with Gasteiger partial charge in [-0.3, -0.25) is 9.78 Å². The maximum atomic E-state index is 13.8. The van der Waals surface area contributed by atoms with Crippen LogP contribution in [-0.4, -0.2) is 27.2 Å². The molecule has 2 aromatic rings. The number of aromatic nitrogens is 3. The van der Waals surface area contributed by atoms with Gasteiger partial charge in [0.1, 0.15) is 11.6 Å². The summed E-state index contributed by atoms with van der Waals surface area (Å²) in [6.45, 7) is 0.346. The fraction of sp³-hybridized carbons (Fsp3) is 0.438. The van der Waals surface area contributed by atoms with Gasteiger partial charge in [-0.2, -0.15) is 0 Å². The van der Waals surface area contributed by atoms with E-state index >= 15 is 0 Å². The van der Waals surface area contributed by atoms with Crippen molar-refractivity contribution in [2.75, 3.05) is 6.54 Å². The van der Waals surface area contributed by atoms with E-state index in [1.54, 1.807) is 0 Å². The molecular formula is C16H18F2N4O2. The van der Waals surface area contributed by atoms with Gasteiger partial charge in [0.15, 0.2) is 0 Å². The molecule has 128 valence electrons. The lowest BCUT2D eigenvalue weighted by Crippen LogP contribution is -2.32. The Bertz CT molecular complexity index is 811. The van der Waals surface area contributed by atoms with E-state index in [0.29, 0.717) is 24.4 Å². The van der Waals surface area contributed by atoms with Crippen LogP contribution in [0.5, 0.6) is 0 Å². The van der Waals surface area contributed by atoms with Gasteiger partial charge in [0.05, 0.1) is 0 Å². The quantitative estimate of drug-likeness (QED) is 0.836. The van der Waals surface area contributed by atoms with E-state index in [-0.39, 0.29) is 11.7 Å². The molecule has 1 aliphatic rings. The molecule has 3 rings (SSSR count). The van der Waals surface area contributed by atoms with Crippen LogP contribution < -0.4 is 11.0 Å². The molecule has 1 aromatic heterocycles. The van der Waals surface area contributed by atoms with E-state index in [4.69, 9.17) is 0 Å². The number of halogens is 2. The number of aryl methyl sites for hydroxylation is 1. The average Bonchev–Trinajstić information content (AvgIpc) is 3.31. The van der Waals surface area contributed by atoms with Crippen molar-refractivity contribution in [2.45, 2.75) is 19.3 Å². The van der Waals surface area contributed by atoms with Crippen molar-refractivity contribution in [3.05, 3.63) is 51.7 Å². The zero-order valence-electron chi connectivity index (χ0n) is 13.2. The lowest BCUT2D eigenvalue weighted by Gasteiger charge is -2.17. The fourth-order valence-corrected chi connectivity index (χ4v) is 2.76. The smallest absolute Gasteiger partial charge is 0.343 e. The Hall–Kier alpha value is -2.51. The summed E-state index contributed by atoms with van der Waals surface area (Å²) in [5.74, 6) is -1.22. The Kier molecular flexibility index (Phi) is 4.46. The number of H-pyrrole nitrogens is 1. The number of nitrogens with one attached hydrogen (secondary N) is 2. The molecule has 0 bridgehead atoms. The van der Waals surface area contributed by atoms with Crippen LogP contribution in [0.25, 0.3) is 0 Å². The maximum absolute atomic E-state index is 13.8. The molecule has 1 atom stereocenters. The van der Waals surface area contributed by atoms with Crippen LogP contribution in [0.2, 0.25) is 0 Å². The average molecular weight is 336 g/mol. The monoisotopic (exact) mass is 336 g/mol. The highest BCUT2D eigenvalue weighted by Gasteiger charge is 2.32. The second-order valence-corrected chi connectivity index (χ2v) is 6.15. The first-order valence-corrected chi connectivity index (χ1v) is 7.79. The highest BCUT2D eigenvalue weighted by molar-refractivity contribution is 5.90. The van der Waals surface area contributed by atoms with Gasteiger partial charge < -0.3 is 5.32 Å². The number of carbonyl (C=O) groups is 1. The molecule has 0 unspecified atom stereocenters. The van der Waals surface area contributed by atoms with Gasteiger partial charge in [-0.15, -0.1) is 5.10 Å². The van der Waals surface area contributed by atoms with Crippen molar-refractivity contribution < 1.29 is 13.6 Å². The standard InChI is InChI=1S/C16H18F2N4O2/c1-22-16(24)20-14(21-22)15(23)19-8-11(9-2-3-9)6-10-4-5-12(17)7-13(10)18/h4-5,7,9,11H,2-3,6,8H2,1H3,(H,19,23)(H,20,21,24)/t11-/m0/s1. The van der Waals surface area contributed by atoms with Crippen molar-refractivity contribution in [3.63, 3.8) is 0 Å². The van der Waals surface area contributed by atoms with Gasteiger partial charge in [-0.25, -0.2) is 18.3 Å². The number of nitrogens with zero attached hydrogens (tertiary/aromatic N) is 2. The zero-order chi connectivity index (χ0) is 17.3. The topological polar surface area (TPSA) is 79.8 Å². The number of hydrogen-bond donors (Lipinski definition) is 2. The summed E-state index contributed by atoms with van der Waals surface area (Å²) < 4.78 is 27.9. The maximum Gasteiger partial charge on any atom is 0.343 e. The second-order valence-electron chi connectivity index (χ2n) is 6.15. The van der Waals surface area contributed by atoms with Crippen LogP contribution >= 0.6 is 0 Å². The number of aromatic amines is 1. The first kappa shape index (κ1) is 16.4. The SMILES string of the molecule is Cn1nc(C(=O)NC[C@H](Cc2ccc(F)cc2F)C2CC2)[nH]c1=O. The molecular weight excluding hydrogens is 318 g/mol. The lowest BCUT2D eigenvalue weighted by atomic mass is 9.94. The van der Waals surface area contributed by atoms with Gasteiger partial charge >= 0.3 is 5.69 Å². The van der Waals surface area contributed by atoms with Gasteiger partial charge in [0.25, 0.3) is 5.91 Å². The molecule has 6 nitrogen and oxygen atoms in total. The highest BCUT2D eigenvalue weighted by Crippen LogP contribution is 2.38. The summed E-state index contributed by atoms with van der Waals surface area (Å²) in [6.07, 6.45) is 2.49. The van der Waals surface area contributed by atoms with E-state index in [1.165, 1.54) is 19.2 Å². The minimum atomic E-state index is -0.605. The Morgan fingerprint density at radius 2 is 2.21 bits per heavy atom. The Balaban J connectivity index is 1.64. The molecule has 0 spiro atoms. The van der Waals surface area contributed by atoms with Crippen LogP contribution in [0.4, 0.5) is 8.78 Å². The van der Waals surface area contributed by atoms with Crippen LogP contribution in [-0.2, 0) is 13.5 Å². The third-order valence-corrected chi connectivity index (χ3v) is 4.30. The number of hydrogen-bond acceptors (Lipinski definition) is 3.